The van der Waals surface area contributed by atoms with E-state index in [1.807, 2.05) is 24.3 Å². The predicted octanol–water partition coefficient (Wildman–Crippen LogP) is 2.03. The highest BCUT2D eigenvalue weighted by Gasteiger charge is 2.46. The van der Waals surface area contributed by atoms with Crippen LogP contribution in [0.1, 0.15) is 6.42 Å². The molecule has 0 aliphatic carbocycles. The molecule has 2 aliphatic heterocycles. The van der Waals surface area contributed by atoms with Gasteiger partial charge < -0.3 is 9.80 Å². The molecule has 1 N–H and O–H groups in total. The molecule has 0 saturated carbocycles. The van der Waals surface area contributed by atoms with Gasteiger partial charge in [-0.1, -0.05) is 29.3 Å². The number of halogens is 2. The predicted molar refractivity (Wildman–Crippen MR) is 107 cm³/mol. The van der Waals surface area contributed by atoms with Crippen LogP contribution in [0, 0.1) is 0 Å². The number of rotatable bonds is 3. The third-order valence-corrected chi connectivity index (χ3v) is 5.79. The number of hydrogen-bond donors (Lipinski definition) is 1. The van der Waals surface area contributed by atoms with E-state index in [0.29, 0.717) is 10.7 Å². The van der Waals surface area contributed by atoms with E-state index in [4.69, 9.17) is 23.2 Å². The molecule has 1 atom stereocenters. The van der Waals surface area contributed by atoms with Crippen LogP contribution in [-0.4, -0.2) is 44.0 Å². The van der Waals surface area contributed by atoms with Crippen LogP contribution in [0.4, 0.5) is 11.4 Å². The molecule has 2 heterocycles. The van der Waals surface area contributed by atoms with Crippen LogP contribution in [0.5, 0.6) is 0 Å². The summed E-state index contributed by atoms with van der Waals surface area (Å²) in [5.41, 5.74) is 1.69. The quantitative estimate of drug-likeness (QED) is 0.796. The van der Waals surface area contributed by atoms with Gasteiger partial charge in [-0.3, -0.25) is 9.59 Å². The number of carbonyl (C=O) groups excluding carboxylic acids is 2. The fraction of sp³-hybridized carbons (Fsp3) is 0.300. The first-order valence-corrected chi connectivity index (χ1v) is 9.76. The molecule has 0 spiro atoms. The van der Waals surface area contributed by atoms with E-state index < -0.39 is 0 Å². The van der Waals surface area contributed by atoms with Gasteiger partial charge >= 0.3 is 0 Å². The standard InChI is InChI=1S/C20H19Cl2N3O2/c21-14-4-6-16(7-5-14)25-19(26)13-18(20(25)27)24-10-8-23(9-11-24)17-3-1-2-15(22)12-17/h1-7,12,18H,8-11,13H2/p+1/t18-/m0/s1. The second kappa shape index (κ2) is 7.50. The van der Waals surface area contributed by atoms with Crippen LogP contribution in [0.3, 0.4) is 0 Å². The SMILES string of the molecule is O=C1C[C@H]([NH+]2CCN(c3cccc(Cl)c3)CC2)C(=O)N1c1ccc(Cl)cc1. The van der Waals surface area contributed by atoms with Gasteiger partial charge in [0.15, 0.2) is 6.04 Å². The zero-order valence-corrected chi connectivity index (χ0v) is 16.2. The first kappa shape index (κ1) is 18.3. The van der Waals surface area contributed by atoms with E-state index in [1.165, 1.54) is 9.80 Å². The summed E-state index contributed by atoms with van der Waals surface area (Å²) >= 11 is 12.0. The Kier molecular flexibility index (Phi) is 5.08. The van der Waals surface area contributed by atoms with Crippen molar-refractivity contribution in [3.05, 3.63) is 58.6 Å². The van der Waals surface area contributed by atoms with Gasteiger partial charge in [0.05, 0.1) is 38.3 Å². The fourth-order valence-electron chi connectivity index (χ4n) is 3.89. The lowest BCUT2D eigenvalue weighted by molar-refractivity contribution is -0.915. The lowest BCUT2D eigenvalue weighted by Gasteiger charge is -2.35. The van der Waals surface area contributed by atoms with E-state index in [2.05, 4.69) is 4.90 Å². The average molecular weight is 405 g/mol. The van der Waals surface area contributed by atoms with Crippen LogP contribution < -0.4 is 14.7 Å². The Morgan fingerprint density at radius 1 is 0.889 bits per heavy atom. The molecular formula is C20H20Cl2N3O2+. The zero-order chi connectivity index (χ0) is 19.0. The normalized spacial score (nSPS) is 21.2. The average Bonchev–Trinajstić information content (AvgIpc) is 2.97. The first-order valence-electron chi connectivity index (χ1n) is 9.00. The van der Waals surface area contributed by atoms with Crippen LogP contribution in [0.25, 0.3) is 0 Å². The molecule has 2 fully saturated rings. The Labute approximate surface area is 168 Å². The number of amides is 2. The highest BCUT2D eigenvalue weighted by molar-refractivity contribution is 6.31. The van der Waals surface area contributed by atoms with Gasteiger partial charge in [-0.25, -0.2) is 4.90 Å². The van der Waals surface area contributed by atoms with Crippen molar-refractivity contribution in [1.82, 2.24) is 0 Å². The van der Waals surface area contributed by atoms with Gasteiger partial charge in [0.1, 0.15) is 0 Å². The summed E-state index contributed by atoms with van der Waals surface area (Å²) in [6, 6.07) is 14.3. The summed E-state index contributed by atoms with van der Waals surface area (Å²) in [5.74, 6) is -0.259. The van der Waals surface area contributed by atoms with Crippen LogP contribution in [0.15, 0.2) is 48.5 Å². The smallest absolute Gasteiger partial charge is 0.292 e. The van der Waals surface area contributed by atoms with Gasteiger partial charge in [0.2, 0.25) is 5.91 Å². The summed E-state index contributed by atoms with van der Waals surface area (Å²) in [6.07, 6.45) is 0.258. The van der Waals surface area contributed by atoms with Crippen LogP contribution in [-0.2, 0) is 9.59 Å². The lowest BCUT2D eigenvalue weighted by Crippen LogP contribution is -3.19. The van der Waals surface area contributed by atoms with E-state index >= 15 is 0 Å². The third-order valence-electron chi connectivity index (χ3n) is 5.30. The second-order valence-electron chi connectivity index (χ2n) is 6.93. The molecule has 2 amide bonds. The maximum absolute atomic E-state index is 12.9. The molecule has 5 nitrogen and oxygen atoms in total. The monoisotopic (exact) mass is 404 g/mol. The molecule has 0 aromatic heterocycles. The molecule has 140 valence electrons. The Bertz CT molecular complexity index is 864. The minimum Gasteiger partial charge on any atom is -0.360 e. The number of anilines is 2. The summed E-state index contributed by atoms with van der Waals surface area (Å²) in [7, 11) is 0. The largest absolute Gasteiger partial charge is 0.360 e. The molecule has 2 aliphatic rings. The van der Waals surface area contributed by atoms with E-state index in [-0.39, 0.29) is 24.3 Å². The molecule has 2 saturated heterocycles. The number of quaternary nitrogens is 1. The number of hydrogen-bond acceptors (Lipinski definition) is 3. The lowest BCUT2D eigenvalue weighted by atomic mass is 10.1. The van der Waals surface area contributed by atoms with E-state index in [1.54, 1.807) is 24.3 Å². The summed E-state index contributed by atoms with van der Waals surface area (Å²) in [6.45, 7) is 3.28. The maximum Gasteiger partial charge on any atom is 0.292 e. The second-order valence-corrected chi connectivity index (χ2v) is 7.80. The number of benzene rings is 2. The number of imide groups is 1. The molecule has 7 heteroatoms. The molecule has 0 radical (unpaired) electrons. The number of nitrogens with zero attached hydrogens (tertiary/aromatic N) is 2. The Balaban J connectivity index is 1.43. The number of nitrogens with one attached hydrogen (secondary N) is 1. The van der Waals surface area contributed by atoms with Crippen molar-refractivity contribution in [2.75, 3.05) is 36.0 Å². The minimum atomic E-state index is -0.310. The maximum atomic E-state index is 12.9. The topological polar surface area (TPSA) is 45.1 Å². The molecule has 0 unspecified atom stereocenters. The molecule has 2 aromatic carbocycles. The van der Waals surface area contributed by atoms with Crippen molar-refractivity contribution in [3.8, 4) is 0 Å². The first-order chi connectivity index (χ1) is 13.0. The summed E-state index contributed by atoms with van der Waals surface area (Å²) in [4.78, 5) is 30.1. The summed E-state index contributed by atoms with van der Waals surface area (Å²) in [5, 5.41) is 1.30. The van der Waals surface area contributed by atoms with Crippen molar-refractivity contribution >= 4 is 46.4 Å². The fourth-order valence-corrected chi connectivity index (χ4v) is 4.20. The molecule has 4 rings (SSSR count). The van der Waals surface area contributed by atoms with Crippen molar-refractivity contribution in [1.29, 1.82) is 0 Å². The van der Waals surface area contributed by atoms with E-state index in [0.717, 1.165) is 36.9 Å². The highest BCUT2D eigenvalue weighted by Crippen LogP contribution is 2.24. The van der Waals surface area contributed by atoms with Crippen molar-refractivity contribution in [2.45, 2.75) is 12.5 Å². The molecule has 27 heavy (non-hydrogen) atoms. The van der Waals surface area contributed by atoms with E-state index in [9.17, 15) is 9.59 Å². The van der Waals surface area contributed by atoms with Gasteiger partial charge in [0.25, 0.3) is 5.91 Å². The number of carbonyl (C=O) groups is 2. The molecule has 0 bridgehead atoms. The van der Waals surface area contributed by atoms with Gasteiger partial charge in [-0.15, -0.1) is 0 Å². The zero-order valence-electron chi connectivity index (χ0n) is 14.7. The van der Waals surface area contributed by atoms with Crippen molar-refractivity contribution in [3.63, 3.8) is 0 Å². The van der Waals surface area contributed by atoms with Gasteiger partial charge in [-0.05, 0) is 42.5 Å². The van der Waals surface area contributed by atoms with Crippen LogP contribution in [0.2, 0.25) is 10.0 Å². The number of piperazine rings is 1. The summed E-state index contributed by atoms with van der Waals surface area (Å²) < 4.78 is 0. The molecule has 2 aromatic rings. The van der Waals surface area contributed by atoms with Crippen molar-refractivity contribution in [2.24, 2.45) is 0 Å². The third kappa shape index (κ3) is 3.68. The van der Waals surface area contributed by atoms with Crippen LogP contribution >= 0.6 is 23.2 Å². The van der Waals surface area contributed by atoms with Crippen molar-refractivity contribution < 1.29 is 14.5 Å². The minimum absolute atomic E-state index is 0.117. The highest BCUT2D eigenvalue weighted by atomic mass is 35.5. The van der Waals surface area contributed by atoms with Gasteiger partial charge in [0, 0.05) is 15.7 Å². The Morgan fingerprint density at radius 2 is 1.59 bits per heavy atom. The Morgan fingerprint density at radius 3 is 2.26 bits per heavy atom. The molecular weight excluding hydrogens is 385 g/mol. The van der Waals surface area contributed by atoms with Gasteiger partial charge in [-0.2, -0.15) is 0 Å². The Hall–Kier alpha value is -2.08.